The number of nitrogens with zero attached hydrogens (tertiary/aromatic N) is 3. The van der Waals surface area contributed by atoms with Crippen molar-refractivity contribution >= 4 is 34.3 Å². The van der Waals surface area contributed by atoms with Crippen molar-refractivity contribution in [2.24, 2.45) is 7.05 Å². The number of aryl methyl sites for hydroxylation is 2. The van der Waals surface area contributed by atoms with Gasteiger partial charge in [-0.05, 0) is 53.9 Å². The lowest BCUT2D eigenvalue weighted by atomic mass is 9.91. The van der Waals surface area contributed by atoms with Crippen LogP contribution in [0.3, 0.4) is 0 Å². The molecule has 2 amide bonds. The van der Waals surface area contributed by atoms with Crippen LogP contribution in [0.1, 0.15) is 55.9 Å². The molecule has 2 N–H and O–H groups in total. The molecule has 1 aliphatic heterocycles. The van der Waals surface area contributed by atoms with Gasteiger partial charge in [-0.15, -0.1) is 0 Å². The Bertz CT molecular complexity index is 1870. The molecule has 7 nitrogen and oxygen atoms in total. The fourth-order valence-corrected chi connectivity index (χ4v) is 5.41. The lowest BCUT2D eigenvalue weighted by Gasteiger charge is -2.20. The minimum atomic E-state index is -4.87. The number of benzene rings is 3. The third-order valence-corrected chi connectivity index (χ3v) is 7.16. The lowest BCUT2D eigenvalue weighted by Crippen LogP contribution is -2.22. The van der Waals surface area contributed by atoms with E-state index in [4.69, 9.17) is 0 Å². The Morgan fingerprint density at radius 1 is 1.10 bits per heavy atom. The average molecular weight is 553 g/mol. The summed E-state index contributed by atoms with van der Waals surface area (Å²) >= 11 is 0. The molecule has 0 spiro atoms. The molecular formula is C28H20F5N5O2. The highest BCUT2D eigenvalue weighted by Crippen LogP contribution is 2.43. The zero-order chi connectivity index (χ0) is 28.5. The summed E-state index contributed by atoms with van der Waals surface area (Å²) in [4.78, 5) is 31.1. The number of amides is 2. The van der Waals surface area contributed by atoms with Gasteiger partial charge < -0.3 is 15.2 Å². The van der Waals surface area contributed by atoms with Gasteiger partial charge in [-0.1, -0.05) is 13.0 Å². The van der Waals surface area contributed by atoms with E-state index in [0.29, 0.717) is 52.6 Å². The van der Waals surface area contributed by atoms with E-state index >= 15 is 0 Å². The molecule has 0 aliphatic carbocycles. The van der Waals surface area contributed by atoms with Crippen molar-refractivity contribution < 1.29 is 31.5 Å². The fraction of sp³-hybridized carbons (Fsp3) is 0.179. The summed E-state index contributed by atoms with van der Waals surface area (Å²) in [6.45, 7) is 1.87. The third-order valence-electron chi connectivity index (χ3n) is 7.16. The molecule has 0 saturated carbocycles. The number of halogens is 5. The summed E-state index contributed by atoms with van der Waals surface area (Å²) in [7, 11) is 1.72. The average Bonchev–Trinajstić information content (AvgIpc) is 3.58. The second kappa shape index (κ2) is 8.90. The number of carbonyl (C=O) groups excluding carboxylic acids is 2. The molecule has 40 heavy (non-hydrogen) atoms. The normalized spacial score (nSPS) is 15.1. The zero-order valence-electron chi connectivity index (χ0n) is 21.0. The zero-order valence-corrected chi connectivity index (χ0v) is 21.0. The molecule has 6 rings (SSSR count). The van der Waals surface area contributed by atoms with Crippen LogP contribution in [-0.4, -0.2) is 25.8 Å². The molecule has 0 radical (unpaired) electrons. The van der Waals surface area contributed by atoms with Crippen molar-refractivity contribution in [3.05, 3.63) is 99.9 Å². The van der Waals surface area contributed by atoms with E-state index in [9.17, 15) is 31.5 Å². The van der Waals surface area contributed by atoms with Crippen LogP contribution < -0.4 is 10.6 Å². The Morgan fingerprint density at radius 2 is 1.88 bits per heavy atom. The number of carbonyl (C=O) groups is 2. The van der Waals surface area contributed by atoms with Crippen LogP contribution >= 0.6 is 0 Å². The van der Waals surface area contributed by atoms with E-state index in [-0.39, 0.29) is 11.3 Å². The van der Waals surface area contributed by atoms with Crippen LogP contribution in [0, 0.1) is 11.6 Å². The smallest absolute Gasteiger partial charge is 0.341 e. The van der Waals surface area contributed by atoms with Gasteiger partial charge in [0.1, 0.15) is 11.6 Å². The van der Waals surface area contributed by atoms with Crippen molar-refractivity contribution in [3.63, 3.8) is 0 Å². The molecule has 204 valence electrons. The highest BCUT2D eigenvalue weighted by Gasteiger charge is 2.38. The Kier molecular flexibility index (Phi) is 5.68. The first-order chi connectivity index (χ1) is 19.0. The largest absolute Gasteiger partial charge is 0.416 e. The number of rotatable bonds is 4. The van der Waals surface area contributed by atoms with Gasteiger partial charge in [-0.25, -0.2) is 13.8 Å². The lowest BCUT2D eigenvalue weighted by molar-refractivity contribution is -0.137. The summed E-state index contributed by atoms with van der Waals surface area (Å²) < 4.78 is 71.8. The number of nitrogens with one attached hydrogen (secondary N) is 2. The topological polar surface area (TPSA) is 80.4 Å². The molecule has 5 aromatic rings. The van der Waals surface area contributed by atoms with Crippen molar-refractivity contribution in [3.8, 4) is 0 Å². The number of hydrogen-bond acceptors (Lipinski definition) is 3. The van der Waals surface area contributed by atoms with Gasteiger partial charge in [0, 0.05) is 36.3 Å². The predicted molar refractivity (Wildman–Crippen MR) is 136 cm³/mol. The summed E-state index contributed by atoms with van der Waals surface area (Å²) in [5.74, 6) is -2.76. The molecule has 0 fully saturated rings. The monoisotopic (exact) mass is 553 g/mol. The van der Waals surface area contributed by atoms with Gasteiger partial charge in [0.05, 0.1) is 28.2 Å². The van der Waals surface area contributed by atoms with E-state index in [1.54, 1.807) is 40.5 Å². The first-order valence-electron chi connectivity index (χ1n) is 12.2. The van der Waals surface area contributed by atoms with Crippen molar-refractivity contribution in [2.75, 3.05) is 5.32 Å². The summed E-state index contributed by atoms with van der Waals surface area (Å²) in [6.07, 6.45) is -1.15. The highest BCUT2D eigenvalue weighted by atomic mass is 19.4. The summed E-state index contributed by atoms with van der Waals surface area (Å²) in [6, 6.07) is 6.45. The van der Waals surface area contributed by atoms with Crippen LogP contribution in [0.5, 0.6) is 0 Å². The number of hydrogen-bond donors (Lipinski definition) is 2. The van der Waals surface area contributed by atoms with E-state index in [0.717, 1.165) is 5.56 Å². The second-order valence-electron chi connectivity index (χ2n) is 9.52. The molecule has 1 aliphatic rings. The minimum absolute atomic E-state index is 0.0983. The summed E-state index contributed by atoms with van der Waals surface area (Å²) in [5, 5.41) is 5.47. The van der Waals surface area contributed by atoms with Gasteiger partial charge in [-0.3, -0.25) is 14.0 Å². The van der Waals surface area contributed by atoms with Crippen LogP contribution in [-0.2, 0) is 19.6 Å². The van der Waals surface area contributed by atoms with Crippen molar-refractivity contribution in [2.45, 2.75) is 25.6 Å². The van der Waals surface area contributed by atoms with Crippen LogP contribution in [0.15, 0.2) is 54.9 Å². The first kappa shape index (κ1) is 25.5. The van der Waals surface area contributed by atoms with E-state index in [1.165, 1.54) is 12.1 Å². The Labute approximate surface area is 223 Å². The molecule has 2 aromatic heterocycles. The molecule has 0 saturated heterocycles. The molecule has 3 heterocycles. The Balaban J connectivity index is 1.58. The van der Waals surface area contributed by atoms with Gasteiger partial charge in [0.25, 0.3) is 11.8 Å². The third kappa shape index (κ3) is 3.90. The molecular weight excluding hydrogens is 533 g/mol. The minimum Gasteiger partial charge on any atom is -0.341 e. The highest BCUT2D eigenvalue weighted by molar-refractivity contribution is 6.14. The fourth-order valence-electron chi connectivity index (χ4n) is 5.41. The van der Waals surface area contributed by atoms with E-state index in [1.807, 2.05) is 6.92 Å². The standard InChI is InChI=1S/C28H20F5N5O2/c1-3-13-4-5-16(29)11-18(13)23-21-19(35-25(39)14-8-15(28(31,32)33)10-17(30)9-14)12-20-24(22(21)26(40)36-23)37(2)27-34-6-7-38(20)27/h4-12,23H,3H2,1-2H3,(H,35,39)(H,36,40). The number of fused-ring (bicyclic) bond motifs is 5. The van der Waals surface area contributed by atoms with E-state index < -0.39 is 46.8 Å². The van der Waals surface area contributed by atoms with Crippen molar-refractivity contribution in [1.82, 2.24) is 19.3 Å². The maximum atomic E-state index is 14.4. The quantitative estimate of drug-likeness (QED) is 0.278. The Morgan fingerprint density at radius 3 is 2.60 bits per heavy atom. The van der Waals surface area contributed by atoms with Gasteiger partial charge in [0.15, 0.2) is 0 Å². The number of alkyl halides is 3. The van der Waals surface area contributed by atoms with E-state index in [2.05, 4.69) is 15.6 Å². The SMILES string of the molecule is CCc1ccc(F)cc1C1NC(=O)c2c1c(NC(=O)c1cc(F)cc(C(F)(F)F)c1)cc1c2n(C)c2nccn12. The maximum absolute atomic E-state index is 14.4. The second-order valence-corrected chi connectivity index (χ2v) is 9.52. The maximum Gasteiger partial charge on any atom is 0.416 e. The Hall–Kier alpha value is -4.74. The molecule has 0 bridgehead atoms. The molecule has 1 atom stereocenters. The van der Waals surface area contributed by atoms with Crippen LogP contribution in [0.2, 0.25) is 0 Å². The molecule has 1 unspecified atom stereocenters. The van der Waals surface area contributed by atoms with Crippen LogP contribution in [0.4, 0.5) is 27.6 Å². The molecule has 12 heteroatoms. The number of aromatic nitrogens is 3. The molecule has 3 aromatic carbocycles. The number of anilines is 1. The van der Waals surface area contributed by atoms with Gasteiger partial charge in [-0.2, -0.15) is 13.2 Å². The predicted octanol–water partition coefficient (Wildman–Crippen LogP) is 5.77. The van der Waals surface area contributed by atoms with Gasteiger partial charge >= 0.3 is 6.18 Å². The van der Waals surface area contributed by atoms with Crippen molar-refractivity contribution in [1.29, 1.82) is 0 Å². The number of imidazole rings is 2. The summed E-state index contributed by atoms with van der Waals surface area (Å²) in [5.41, 5.74) is 0.934. The van der Waals surface area contributed by atoms with Crippen LogP contribution in [0.25, 0.3) is 16.8 Å². The first-order valence-corrected chi connectivity index (χ1v) is 12.2. The van der Waals surface area contributed by atoms with Gasteiger partial charge in [0.2, 0.25) is 5.78 Å².